The highest BCUT2D eigenvalue weighted by atomic mass is 16.6. The highest BCUT2D eigenvalue weighted by molar-refractivity contribution is 5.65. The van der Waals surface area contributed by atoms with Crippen LogP contribution in [0.5, 0.6) is 0 Å². The number of aliphatic hydroxyl groups excluding tert-OH is 2. The number of ether oxygens (including phenoxy) is 1. The van der Waals surface area contributed by atoms with Crippen molar-refractivity contribution in [3.05, 3.63) is 31.1 Å². The second-order valence-corrected chi connectivity index (χ2v) is 4.68. The number of aliphatic hydroxyl groups is 2. The van der Waals surface area contributed by atoms with E-state index in [2.05, 4.69) is 17.0 Å². The lowest BCUT2D eigenvalue weighted by Crippen LogP contribution is -2.39. The predicted octanol–water partition coefficient (Wildman–Crippen LogP) is -0.799. The smallest absolute Gasteiger partial charge is 0.183 e. The number of aromatic nitrogens is 3. The Morgan fingerprint density at radius 1 is 1.50 bits per heavy atom. The Labute approximate surface area is 114 Å². The van der Waals surface area contributed by atoms with E-state index in [-0.39, 0.29) is 5.82 Å². The molecule has 0 amide bonds. The summed E-state index contributed by atoms with van der Waals surface area (Å²) >= 11 is 0. The minimum Gasteiger partial charge on any atom is -0.387 e. The third-order valence-corrected chi connectivity index (χ3v) is 3.44. The third-order valence-electron chi connectivity index (χ3n) is 3.44. The SMILES string of the molecule is [CH2][C@@]1(C#N)O[C@@H](c2ccc3c(N)ncnn23)[C@@H](O)[C@@H]1O. The lowest BCUT2D eigenvalue weighted by Gasteiger charge is -2.17. The molecule has 8 heteroatoms. The van der Waals surface area contributed by atoms with Crippen LogP contribution in [0.3, 0.4) is 0 Å². The highest BCUT2D eigenvalue weighted by Gasteiger charge is 2.53. The van der Waals surface area contributed by atoms with Crippen molar-refractivity contribution in [1.82, 2.24) is 14.6 Å². The molecule has 1 aliphatic heterocycles. The molecule has 3 rings (SSSR count). The quantitative estimate of drug-likeness (QED) is 0.620. The fraction of sp³-hybridized carbons (Fsp3) is 0.333. The lowest BCUT2D eigenvalue weighted by molar-refractivity contribution is -0.0146. The van der Waals surface area contributed by atoms with Crippen molar-refractivity contribution in [2.75, 3.05) is 5.73 Å². The average Bonchev–Trinajstić information content (AvgIpc) is 2.96. The molecule has 1 radical (unpaired) electrons. The number of nitrogens with zero attached hydrogens (tertiary/aromatic N) is 4. The van der Waals surface area contributed by atoms with E-state index in [1.54, 1.807) is 18.2 Å². The van der Waals surface area contributed by atoms with Crippen LogP contribution in [0.1, 0.15) is 11.8 Å². The molecule has 1 aliphatic rings. The first-order chi connectivity index (χ1) is 9.48. The summed E-state index contributed by atoms with van der Waals surface area (Å²) in [5, 5.41) is 33.0. The molecule has 2 aromatic rings. The van der Waals surface area contributed by atoms with Gasteiger partial charge in [-0.05, 0) is 19.1 Å². The lowest BCUT2D eigenvalue weighted by atomic mass is 9.97. The molecular weight excluding hydrogens is 262 g/mol. The van der Waals surface area contributed by atoms with Crippen molar-refractivity contribution in [3.8, 4) is 6.07 Å². The van der Waals surface area contributed by atoms with Crippen LogP contribution in [-0.2, 0) is 4.74 Å². The van der Waals surface area contributed by atoms with Gasteiger partial charge in [-0.2, -0.15) is 10.4 Å². The molecule has 103 valence electrons. The molecule has 0 aromatic carbocycles. The number of rotatable bonds is 1. The molecule has 8 nitrogen and oxygen atoms in total. The van der Waals surface area contributed by atoms with Crippen LogP contribution < -0.4 is 5.73 Å². The van der Waals surface area contributed by atoms with Crippen molar-refractivity contribution in [3.63, 3.8) is 0 Å². The summed E-state index contributed by atoms with van der Waals surface area (Å²) in [6, 6.07) is 5.07. The van der Waals surface area contributed by atoms with Gasteiger partial charge in [0.2, 0.25) is 0 Å². The second-order valence-electron chi connectivity index (χ2n) is 4.68. The summed E-state index contributed by atoms with van der Waals surface area (Å²) in [5.41, 5.74) is 5.01. The van der Waals surface area contributed by atoms with Crippen LogP contribution in [0.2, 0.25) is 0 Å². The molecule has 4 atom stereocenters. The molecule has 1 saturated heterocycles. The van der Waals surface area contributed by atoms with Crippen LogP contribution in [0.4, 0.5) is 5.82 Å². The van der Waals surface area contributed by atoms with E-state index >= 15 is 0 Å². The van der Waals surface area contributed by atoms with Gasteiger partial charge in [0.15, 0.2) is 11.4 Å². The molecule has 0 saturated carbocycles. The van der Waals surface area contributed by atoms with E-state index in [4.69, 9.17) is 15.7 Å². The minimum atomic E-state index is -1.72. The molecular formula is C12H12N5O3. The minimum absolute atomic E-state index is 0.278. The summed E-state index contributed by atoms with van der Waals surface area (Å²) in [7, 11) is 0. The molecule has 0 bridgehead atoms. The van der Waals surface area contributed by atoms with Gasteiger partial charge < -0.3 is 20.7 Å². The Morgan fingerprint density at radius 3 is 2.90 bits per heavy atom. The van der Waals surface area contributed by atoms with Crippen LogP contribution in [0.15, 0.2) is 18.5 Å². The van der Waals surface area contributed by atoms with Gasteiger partial charge in [0.1, 0.15) is 36.2 Å². The number of fused-ring (bicyclic) bond motifs is 1. The summed E-state index contributed by atoms with van der Waals surface area (Å²) in [6.45, 7) is 3.52. The van der Waals surface area contributed by atoms with E-state index in [0.29, 0.717) is 11.2 Å². The first-order valence-corrected chi connectivity index (χ1v) is 5.86. The molecule has 3 heterocycles. The van der Waals surface area contributed by atoms with Crippen molar-refractivity contribution < 1.29 is 14.9 Å². The number of hydrogen-bond acceptors (Lipinski definition) is 7. The maximum Gasteiger partial charge on any atom is 0.183 e. The number of anilines is 1. The number of nitrogens with two attached hydrogens (primary N) is 1. The van der Waals surface area contributed by atoms with Crippen LogP contribution in [0, 0.1) is 18.3 Å². The van der Waals surface area contributed by atoms with Crippen LogP contribution >= 0.6 is 0 Å². The summed E-state index contributed by atoms with van der Waals surface area (Å²) < 4.78 is 6.87. The Kier molecular flexibility index (Phi) is 2.65. The van der Waals surface area contributed by atoms with Gasteiger partial charge in [-0.25, -0.2) is 9.50 Å². The van der Waals surface area contributed by atoms with Gasteiger partial charge in [-0.3, -0.25) is 0 Å². The van der Waals surface area contributed by atoms with Gasteiger partial charge in [-0.1, -0.05) is 0 Å². The van der Waals surface area contributed by atoms with Gasteiger partial charge >= 0.3 is 0 Å². The van der Waals surface area contributed by atoms with Gasteiger partial charge in [-0.15, -0.1) is 0 Å². The largest absolute Gasteiger partial charge is 0.387 e. The van der Waals surface area contributed by atoms with Crippen molar-refractivity contribution in [2.45, 2.75) is 23.9 Å². The normalized spacial score (nSPS) is 33.4. The molecule has 0 aliphatic carbocycles. The Bertz CT molecular complexity index is 709. The molecule has 1 fully saturated rings. The molecule has 4 N–H and O–H groups in total. The molecule has 2 aromatic heterocycles. The van der Waals surface area contributed by atoms with E-state index in [9.17, 15) is 10.2 Å². The van der Waals surface area contributed by atoms with Crippen molar-refractivity contribution in [1.29, 1.82) is 5.26 Å². The second kappa shape index (κ2) is 4.14. The maximum absolute atomic E-state index is 10.1. The Hall–Kier alpha value is -2.21. The zero-order valence-corrected chi connectivity index (χ0v) is 10.3. The average molecular weight is 274 g/mol. The van der Waals surface area contributed by atoms with Crippen molar-refractivity contribution >= 4 is 11.3 Å². The Morgan fingerprint density at radius 2 is 2.25 bits per heavy atom. The highest BCUT2D eigenvalue weighted by Crippen LogP contribution is 2.39. The summed E-state index contributed by atoms with van der Waals surface area (Å²) in [4.78, 5) is 3.85. The predicted molar refractivity (Wildman–Crippen MR) is 66.9 cm³/mol. The van der Waals surface area contributed by atoms with E-state index in [0.717, 1.165) is 0 Å². The van der Waals surface area contributed by atoms with E-state index in [1.807, 2.05) is 0 Å². The maximum atomic E-state index is 10.1. The van der Waals surface area contributed by atoms with Gasteiger partial charge in [0.25, 0.3) is 0 Å². The summed E-state index contributed by atoms with van der Waals surface area (Å²) in [5.74, 6) is 0.278. The number of nitriles is 1. The number of hydrogen-bond donors (Lipinski definition) is 3. The van der Waals surface area contributed by atoms with Crippen LogP contribution in [0.25, 0.3) is 5.52 Å². The standard InChI is InChI=1S/C12H12N5O3/c1-12(4-13)10(19)8(18)9(20-12)6-2-3-7-11(14)15-5-16-17(6)7/h2-3,5,8-10,18-19H,1H2,(H2,14,15,16)/t8-,9+,10+,12+/m1/s1. The fourth-order valence-electron chi connectivity index (χ4n) is 2.32. The van der Waals surface area contributed by atoms with Gasteiger partial charge in [0.05, 0.1) is 5.69 Å². The molecule has 0 spiro atoms. The first-order valence-electron chi connectivity index (χ1n) is 5.86. The molecule has 20 heavy (non-hydrogen) atoms. The monoisotopic (exact) mass is 274 g/mol. The van der Waals surface area contributed by atoms with Gasteiger partial charge in [0, 0.05) is 0 Å². The van der Waals surface area contributed by atoms with Crippen molar-refractivity contribution in [2.24, 2.45) is 0 Å². The topological polar surface area (TPSA) is 130 Å². The first kappa shape index (κ1) is 12.8. The van der Waals surface area contributed by atoms with Crippen LogP contribution in [-0.4, -0.2) is 42.6 Å². The number of nitrogen functional groups attached to an aromatic ring is 1. The summed E-state index contributed by atoms with van der Waals surface area (Å²) in [6.07, 6.45) is -2.37. The zero-order valence-electron chi connectivity index (χ0n) is 10.3. The molecule has 0 unspecified atom stereocenters. The van der Waals surface area contributed by atoms with E-state index in [1.165, 1.54) is 10.8 Å². The fourth-order valence-corrected chi connectivity index (χ4v) is 2.32. The third kappa shape index (κ3) is 1.58. The zero-order chi connectivity index (χ0) is 14.5. The Balaban J connectivity index is 2.09. The van der Waals surface area contributed by atoms with E-state index < -0.39 is 23.9 Å².